The van der Waals surface area contributed by atoms with Crippen LogP contribution in [0.4, 0.5) is 0 Å². The quantitative estimate of drug-likeness (QED) is 0.883. The molecule has 0 bridgehead atoms. The van der Waals surface area contributed by atoms with Crippen molar-refractivity contribution in [2.45, 2.75) is 38.0 Å². The normalized spacial score (nSPS) is 27.6. The summed E-state index contributed by atoms with van der Waals surface area (Å²) >= 11 is 0. The molecule has 1 aliphatic heterocycles. The zero-order valence-corrected chi connectivity index (χ0v) is 10.9. The summed E-state index contributed by atoms with van der Waals surface area (Å²) in [6, 6.07) is 9.05. The van der Waals surface area contributed by atoms with Gasteiger partial charge in [-0.05, 0) is 30.5 Å². The van der Waals surface area contributed by atoms with Crippen molar-refractivity contribution < 1.29 is 9.47 Å². The van der Waals surface area contributed by atoms with Gasteiger partial charge in [-0.2, -0.15) is 0 Å². The third-order valence-electron chi connectivity index (χ3n) is 3.86. The molecular weight excluding hydrogens is 226 g/mol. The van der Waals surface area contributed by atoms with Crippen molar-refractivity contribution in [3.63, 3.8) is 0 Å². The van der Waals surface area contributed by atoms with Crippen LogP contribution in [0.2, 0.25) is 0 Å². The molecule has 3 rings (SSSR count). The van der Waals surface area contributed by atoms with Gasteiger partial charge in [-0.3, -0.25) is 0 Å². The first-order valence-corrected chi connectivity index (χ1v) is 6.93. The van der Waals surface area contributed by atoms with E-state index in [2.05, 4.69) is 36.5 Å². The number of fused-ring (bicyclic) bond motifs is 1. The third kappa shape index (κ3) is 2.30. The smallest absolute Gasteiger partial charge is 0.105 e. The summed E-state index contributed by atoms with van der Waals surface area (Å²) in [6.45, 7) is 4.65. The van der Waals surface area contributed by atoms with Gasteiger partial charge in [-0.1, -0.05) is 31.2 Å². The number of hydrogen-bond acceptors (Lipinski definition) is 3. The van der Waals surface area contributed by atoms with Crippen LogP contribution in [-0.4, -0.2) is 32.0 Å². The number of rotatable bonds is 4. The van der Waals surface area contributed by atoms with Crippen molar-refractivity contribution in [3.05, 3.63) is 35.4 Å². The molecule has 0 radical (unpaired) electrons. The molecule has 2 atom stereocenters. The Kier molecular flexibility index (Phi) is 3.64. The lowest BCUT2D eigenvalue weighted by Gasteiger charge is -2.38. The maximum atomic E-state index is 6.16. The van der Waals surface area contributed by atoms with Crippen molar-refractivity contribution in [1.29, 1.82) is 0 Å². The average molecular weight is 247 g/mol. The summed E-state index contributed by atoms with van der Waals surface area (Å²) in [4.78, 5) is 0. The first-order chi connectivity index (χ1) is 8.88. The summed E-state index contributed by atoms with van der Waals surface area (Å²) < 4.78 is 11.4. The Labute approximate surface area is 108 Å². The highest BCUT2D eigenvalue weighted by molar-refractivity contribution is 5.33. The number of likely N-dealkylation sites (N-methyl/N-ethyl adjacent to an activating group) is 1. The van der Waals surface area contributed by atoms with E-state index in [1.807, 2.05) is 0 Å². The maximum absolute atomic E-state index is 6.16. The minimum atomic E-state index is 0.286. The fraction of sp³-hybridized carbons (Fsp3) is 0.600. The average Bonchev–Trinajstić information content (AvgIpc) is 2.36. The van der Waals surface area contributed by atoms with Gasteiger partial charge in [0, 0.05) is 0 Å². The van der Waals surface area contributed by atoms with Gasteiger partial charge in [0.1, 0.15) is 6.10 Å². The number of hydrogen-bond donors (Lipinski definition) is 1. The van der Waals surface area contributed by atoms with E-state index in [1.54, 1.807) is 0 Å². The van der Waals surface area contributed by atoms with Crippen LogP contribution in [0.15, 0.2) is 24.3 Å². The fourth-order valence-electron chi connectivity index (χ4n) is 2.88. The van der Waals surface area contributed by atoms with E-state index in [0.29, 0.717) is 12.1 Å². The highest BCUT2D eigenvalue weighted by Crippen LogP contribution is 2.33. The van der Waals surface area contributed by atoms with E-state index in [-0.39, 0.29) is 6.10 Å². The molecule has 0 amide bonds. The highest BCUT2D eigenvalue weighted by atomic mass is 16.6. The summed E-state index contributed by atoms with van der Waals surface area (Å²) in [5.41, 5.74) is 2.88. The third-order valence-corrected chi connectivity index (χ3v) is 3.86. The second-order valence-corrected chi connectivity index (χ2v) is 5.11. The lowest BCUT2D eigenvalue weighted by atomic mass is 9.85. The van der Waals surface area contributed by atoms with Crippen LogP contribution in [0.1, 0.15) is 30.5 Å². The molecule has 2 unspecified atom stereocenters. The molecule has 1 aromatic rings. The molecule has 1 aromatic carbocycles. The second-order valence-electron chi connectivity index (χ2n) is 5.11. The van der Waals surface area contributed by atoms with Crippen molar-refractivity contribution in [1.82, 2.24) is 5.32 Å². The van der Waals surface area contributed by atoms with E-state index in [4.69, 9.17) is 9.47 Å². The van der Waals surface area contributed by atoms with Crippen LogP contribution >= 0.6 is 0 Å². The number of aryl methyl sites for hydroxylation is 1. The molecule has 3 nitrogen and oxygen atoms in total. The van der Waals surface area contributed by atoms with Crippen LogP contribution in [0, 0.1) is 0 Å². The Balaban J connectivity index is 1.78. The van der Waals surface area contributed by atoms with E-state index in [9.17, 15) is 0 Å². The largest absolute Gasteiger partial charge is 0.376 e. The summed E-state index contributed by atoms with van der Waals surface area (Å²) in [6.07, 6.45) is 2.82. The van der Waals surface area contributed by atoms with E-state index in [1.165, 1.54) is 11.1 Å². The van der Waals surface area contributed by atoms with Gasteiger partial charge in [-0.25, -0.2) is 0 Å². The lowest BCUT2D eigenvalue weighted by Crippen LogP contribution is -2.45. The first-order valence-electron chi connectivity index (χ1n) is 6.93. The molecule has 2 aliphatic rings. The van der Waals surface area contributed by atoms with Gasteiger partial charge in [-0.15, -0.1) is 0 Å². The van der Waals surface area contributed by atoms with Gasteiger partial charge in [0.05, 0.1) is 25.4 Å². The molecule has 3 heteroatoms. The van der Waals surface area contributed by atoms with E-state index in [0.717, 1.165) is 32.6 Å². The molecule has 1 saturated heterocycles. The second kappa shape index (κ2) is 5.39. The zero-order chi connectivity index (χ0) is 12.4. The zero-order valence-electron chi connectivity index (χ0n) is 10.9. The van der Waals surface area contributed by atoms with Crippen LogP contribution < -0.4 is 5.32 Å². The summed E-state index contributed by atoms with van der Waals surface area (Å²) in [5, 5.41) is 3.58. The SMILES string of the molecule is CCNC1c2ccccc2CCC1OC1COC1. The molecule has 1 heterocycles. The standard InChI is InChI=1S/C15H21NO2/c1-2-16-15-13-6-4-3-5-11(13)7-8-14(15)18-12-9-17-10-12/h3-6,12,14-16H,2,7-10H2,1H3. The Bertz CT molecular complexity index is 403. The van der Waals surface area contributed by atoms with Crippen LogP contribution in [0.25, 0.3) is 0 Å². The fourth-order valence-corrected chi connectivity index (χ4v) is 2.88. The number of benzene rings is 1. The van der Waals surface area contributed by atoms with E-state index < -0.39 is 0 Å². The predicted octanol–water partition coefficient (Wildman–Crippen LogP) is 2.07. The Hall–Kier alpha value is -0.900. The molecule has 0 saturated carbocycles. The summed E-state index contributed by atoms with van der Waals surface area (Å²) in [7, 11) is 0. The number of ether oxygens (including phenoxy) is 2. The van der Waals surface area contributed by atoms with Crippen molar-refractivity contribution in [2.24, 2.45) is 0 Å². The molecule has 0 aromatic heterocycles. The maximum Gasteiger partial charge on any atom is 0.105 e. The van der Waals surface area contributed by atoms with Crippen molar-refractivity contribution in [3.8, 4) is 0 Å². The first kappa shape index (κ1) is 12.2. The Morgan fingerprint density at radius 3 is 2.89 bits per heavy atom. The molecule has 98 valence electrons. The van der Waals surface area contributed by atoms with Crippen LogP contribution in [-0.2, 0) is 15.9 Å². The summed E-state index contributed by atoms with van der Waals surface area (Å²) in [5.74, 6) is 0. The van der Waals surface area contributed by atoms with E-state index >= 15 is 0 Å². The highest BCUT2D eigenvalue weighted by Gasteiger charge is 2.33. The molecule has 0 spiro atoms. The van der Waals surface area contributed by atoms with Gasteiger partial charge < -0.3 is 14.8 Å². The minimum absolute atomic E-state index is 0.286. The van der Waals surface area contributed by atoms with Gasteiger partial charge >= 0.3 is 0 Å². The van der Waals surface area contributed by atoms with Crippen LogP contribution in [0.5, 0.6) is 0 Å². The Morgan fingerprint density at radius 1 is 1.33 bits per heavy atom. The van der Waals surface area contributed by atoms with Crippen molar-refractivity contribution >= 4 is 0 Å². The molecular formula is C15H21NO2. The van der Waals surface area contributed by atoms with Gasteiger partial charge in [0.2, 0.25) is 0 Å². The van der Waals surface area contributed by atoms with Crippen LogP contribution in [0.3, 0.4) is 0 Å². The molecule has 1 fully saturated rings. The van der Waals surface area contributed by atoms with Gasteiger partial charge in [0.25, 0.3) is 0 Å². The molecule has 1 aliphatic carbocycles. The predicted molar refractivity (Wildman–Crippen MR) is 70.7 cm³/mol. The number of nitrogens with one attached hydrogen (secondary N) is 1. The van der Waals surface area contributed by atoms with Gasteiger partial charge in [0.15, 0.2) is 0 Å². The Morgan fingerprint density at radius 2 is 2.17 bits per heavy atom. The monoisotopic (exact) mass is 247 g/mol. The van der Waals surface area contributed by atoms with Crippen molar-refractivity contribution in [2.75, 3.05) is 19.8 Å². The molecule has 18 heavy (non-hydrogen) atoms. The minimum Gasteiger partial charge on any atom is -0.376 e. The lowest BCUT2D eigenvalue weighted by molar-refractivity contribution is -0.163. The topological polar surface area (TPSA) is 30.5 Å². The molecule has 1 N–H and O–H groups in total.